The lowest BCUT2D eigenvalue weighted by Crippen LogP contribution is -2.32. The fourth-order valence-electron chi connectivity index (χ4n) is 1.74. The summed E-state index contributed by atoms with van der Waals surface area (Å²) >= 11 is 0. The first-order chi connectivity index (χ1) is 10.4. The van der Waals surface area contributed by atoms with Crippen molar-refractivity contribution in [1.29, 1.82) is 0 Å². The third-order valence-electron chi connectivity index (χ3n) is 3.23. The van der Waals surface area contributed by atoms with Crippen molar-refractivity contribution < 1.29 is 13.2 Å². The van der Waals surface area contributed by atoms with Crippen molar-refractivity contribution in [2.75, 3.05) is 19.6 Å². The molecule has 1 unspecified atom stereocenters. The lowest BCUT2D eigenvalue weighted by molar-refractivity contribution is 0.0954. The van der Waals surface area contributed by atoms with Crippen LogP contribution in [0.2, 0.25) is 0 Å². The Labute approximate surface area is 132 Å². The van der Waals surface area contributed by atoms with Gasteiger partial charge < -0.3 is 10.6 Å². The van der Waals surface area contributed by atoms with Crippen LogP contribution in [-0.2, 0) is 10.0 Å². The number of benzene rings is 1. The average molecular weight is 327 g/mol. The number of sulfonamides is 1. The molecule has 0 aliphatic rings. The monoisotopic (exact) mass is 327 g/mol. The van der Waals surface area contributed by atoms with Crippen LogP contribution in [0.15, 0.2) is 29.2 Å². The van der Waals surface area contributed by atoms with Gasteiger partial charge in [-0.25, -0.2) is 13.1 Å². The van der Waals surface area contributed by atoms with Gasteiger partial charge in [0.25, 0.3) is 5.91 Å². The topological polar surface area (TPSA) is 87.3 Å². The third-order valence-corrected chi connectivity index (χ3v) is 4.84. The van der Waals surface area contributed by atoms with Gasteiger partial charge in [-0.2, -0.15) is 0 Å². The Kier molecular flexibility index (Phi) is 7.50. The van der Waals surface area contributed by atoms with E-state index in [1.54, 1.807) is 0 Å². The number of carbonyl (C=O) groups is 1. The van der Waals surface area contributed by atoms with E-state index in [1.165, 1.54) is 24.3 Å². The molecule has 0 aliphatic heterocycles. The van der Waals surface area contributed by atoms with Gasteiger partial charge >= 0.3 is 0 Å². The van der Waals surface area contributed by atoms with E-state index in [0.717, 1.165) is 6.54 Å². The smallest absolute Gasteiger partial charge is 0.251 e. The van der Waals surface area contributed by atoms with Crippen LogP contribution in [0.1, 0.15) is 37.6 Å². The highest BCUT2D eigenvalue weighted by molar-refractivity contribution is 7.89. The molecular weight excluding hydrogens is 302 g/mol. The van der Waals surface area contributed by atoms with Crippen molar-refractivity contribution in [2.45, 2.75) is 38.1 Å². The maximum atomic E-state index is 12.1. The van der Waals surface area contributed by atoms with Crippen molar-refractivity contribution in [1.82, 2.24) is 15.4 Å². The first-order valence-electron chi connectivity index (χ1n) is 7.52. The summed E-state index contributed by atoms with van der Waals surface area (Å²) in [6, 6.07) is 5.81. The summed E-state index contributed by atoms with van der Waals surface area (Å²) < 4.78 is 26.8. The molecule has 1 aromatic carbocycles. The van der Waals surface area contributed by atoms with Crippen LogP contribution in [0.4, 0.5) is 0 Å². The molecule has 0 radical (unpaired) electrons. The van der Waals surface area contributed by atoms with Crippen molar-refractivity contribution >= 4 is 15.9 Å². The molecule has 1 amide bonds. The van der Waals surface area contributed by atoms with E-state index in [9.17, 15) is 13.2 Å². The van der Waals surface area contributed by atoms with Gasteiger partial charge in [0.1, 0.15) is 0 Å². The summed E-state index contributed by atoms with van der Waals surface area (Å²) in [7, 11) is -3.53. The minimum atomic E-state index is -3.53. The minimum Gasteiger partial charge on any atom is -0.351 e. The highest BCUT2D eigenvalue weighted by atomic mass is 32.2. The number of rotatable bonds is 9. The molecule has 22 heavy (non-hydrogen) atoms. The first-order valence-corrected chi connectivity index (χ1v) is 9.00. The van der Waals surface area contributed by atoms with Crippen molar-refractivity contribution in [3.05, 3.63) is 29.8 Å². The van der Waals surface area contributed by atoms with Crippen molar-refractivity contribution in [3.8, 4) is 0 Å². The lowest BCUT2D eigenvalue weighted by atomic mass is 10.2. The highest BCUT2D eigenvalue weighted by Gasteiger charge is 2.16. The average Bonchev–Trinajstić information content (AvgIpc) is 2.51. The normalized spacial score (nSPS) is 12.9. The lowest BCUT2D eigenvalue weighted by Gasteiger charge is -2.12. The fraction of sp³-hybridized carbons (Fsp3) is 0.533. The van der Waals surface area contributed by atoms with Gasteiger partial charge in [0, 0.05) is 24.7 Å². The van der Waals surface area contributed by atoms with E-state index in [4.69, 9.17) is 0 Å². The number of hydrogen-bond donors (Lipinski definition) is 3. The van der Waals surface area contributed by atoms with Gasteiger partial charge in [0.2, 0.25) is 10.0 Å². The molecule has 1 rings (SSSR count). The van der Waals surface area contributed by atoms with E-state index in [1.807, 2.05) is 20.8 Å². The molecule has 0 bridgehead atoms. The molecule has 0 aliphatic carbocycles. The molecule has 0 saturated carbocycles. The third kappa shape index (κ3) is 5.75. The Balaban J connectivity index is 2.68. The zero-order chi connectivity index (χ0) is 16.6. The minimum absolute atomic E-state index is 0.126. The van der Waals surface area contributed by atoms with Crippen LogP contribution < -0.4 is 15.4 Å². The number of likely N-dealkylation sites (N-methyl/N-ethyl adjacent to an activating group) is 1. The Morgan fingerprint density at radius 2 is 1.77 bits per heavy atom. The van der Waals surface area contributed by atoms with E-state index in [0.29, 0.717) is 25.1 Å². The first kappa shape index (κ1) is 18.6. The van der Waals surface area contributed by atoms with E-state index < -0.39 is 10.0 Å². The Morgan fingerprint density at radius 1 is 1.14 bits per heavy atom. The molecule has 0 saturated heterocycles. The number of nitrogens with one attached hydrogen (secondary N) is 3. The van der Waals surface area contributed by atoms with E-state index in [2.05, 4.69) is 15.4 Å². The molecule has 124 valence electrons. The van der Waals surface area contributed by atoms with Crippen LogP contribution in [-0.4, -0.2) is 40.0 Å². The van der Waals surface area contributed by atoms with Crippen LogP contribution in [0.3, 0.4) is 0 Å². The summed E-state index contributed by atoms with van der Waals surface area (Å²) in [6.07, 6.45) is 0.714. The maximum Gasteiger partial charge on any atom is 0.251 e. The maximum absolute atomic E-state index is 12.1. The molecule has 3 N–H and O–H groups in total. The number of amides is 1. The Morgan fingerprint density at radius 3 is 2.32 bits per heavy atom. The standard InChI is InChI=1S/C15H25N3O3S/c1-4-12(3)18-22(20,21)14-8-6-13(7-9-14)15(19)17-11-10-16-5-2/h6-9,12,16,18H,4-5,10-11H2,1-3H3,(H,17,19). The summed E-state index contributed by atoms with van der Waals surface area (Å²) in [5.74, 6) is -0.211. The summed E-state index contributed by atoms with van der Waals surface area (Å²) in [6.45, 7) is 7.80. The largest absolute Gasteiger partial charge is 0.351 e. The van der Waals surface area contributed by atoms with Gasteiger partial charge in [-0.05, 0) is 44.2 Å². The second kappa shape index (κ2) is 8.87. The second-order valence-corrected chi connectivity index (χ2v) is 6.78. The molecule has 7 heteroatoms. The zero-order valence-electron chi connectivity index (χ0n) is 13.3. The van der Waals surface area contributed by atoms with Crippen LogP contribution >= 0.6 is 0 Å². The van der Waals surface area contributed by atoms with Gasteiger partial charge in [-0.3, -0.25) is 4.79 Å². The highest BCUT2D eigenvalue weighted by Crippen LogP contribution is 2.11. The number of hydrogen-bond acceptors (Lipinski definition) is 4. The quantitative estimate of drug-likeness (QED) is 0.593. The fourth-order valence-corrected chi connectivity index (χ4v) is 3.07. The summed E-state index contributed by atoms with van der Waals surface area (Å²) in [4.78, 5) is 12.1. The van der Waals surface area contributed by atoms with E-state index >= 15 is 0 Å². The molecule has 6 nitrogen and oxygen atoms in total. The van der Waals surface area contributed by atoms with Gasteiger partial charge in [-0.1, -0.05) is 13.8 Å². The molecule has 1 aromatic rings. The SMILES string of the molecule is CCNCCNC(=O)c1ccc(S(=O)(=O)NC(C)CC)cc1. The van der Waals surface area contributed by atoms with E-state index in [-0.39, 0.29) is 16.8 Å². The van der Waals surface area contributed by atoms with Gasteiger partial charge in [0.15, 0.2) is 0 Å². The molecule has 0 aromatic heterocycles. The summed E-state index contributed by atoms with van der Waals surface area (Å²) in [5.41, 5.74) is 0.444. The second-order valence-electron chi connectivity index (χ2n) is 5.06. The van der Waals surface area contributed by atoms with Crippen LogP contribution in [0.25, 0.3) is 0 Å². The van der Waals surface area contributed by atoms with Crippen LogP contribution in [0.5, 0.6) is 0 Å². The Bertz CT molecular complexity index is 570. The zero-order valence-corrected chi connectivity index (χ0v) is 14.2. The molecule has 0 fully saturated rings. The molecular formula is C15H25N3O3S. The summed E-state index contributed by atoms with van der Waals surface area (Å²) in [5, 5.41) is 5.87. The van der Waals surface area contributed by atoms with Gasteiger partial charge in [-0.15, -0.1) is 0 Å². The molecule has 0 heterocycles. The molecule has 0 spiro atoms. The van der Waals surface area contributed by atoms with Crippen molar-refractivity contribution in [3.63, 3.8) is 0 Å². The van der Waals surface area contributed by atoms with Crippen LogP contribution in [0, 0.1) is 0 Å². The number of carbonyl (C=O) groups excluding carboxylic acids is 1. The van der Waals surface area contributed by atoms with Gasteiger partial charge in [0.05, 0.1) is 4.90 Å². The Hall–Kier alpha value is -1.44. The predicted octanol–water partition coefficient (Wildman–Crippen LogP) is 1.10. The molecule has 1 atom stereocenters. The van der Waals surface area contributed by atoms with Crippen molar-refractivity contribution in [2.24, 2.45) is 0 Å². The predicted molar refractivity (Wildman–Crippen MR) is 87.4 cm³/mol.